The van der Waals surface area contributed by atoms with Crippen LogP contribution >= 0.6 is 0 Å². The van der Waals surface area contributed by atoms with Crippen LogP contribution in [0.15, 0.2) is 30.6 Å². The average Bonchev–Trinajstić information content (AvgIpc) is 3.34. The number of aryl methyl sites for hydroxylation is 1. The number of benzene rings is 1. The molecule has 3 heterocycles. The molecule has 0 saturated heterocycles. The second-order valence-electron chi connectivity index (χ2n) is 7.25. The third kappa shape index (κ3) is 3.22. The summed E-state index contributed by atoms with van der Waals surface area (Å²) in [7, 11) is 0. The zero-order valence-electron chi connectivity index (χ0n) is 15.6. The maximum atomic E-state index is 11.2. The number of aromatic nitrogens is 7. The minimum Gasteiger partial charge on any atom is -0.481 e. The number of fused-ring (bicyclic) bond motifs is 2. The fourth-order valence-electron chi connectivity index (χ4n) is 3.74. The van der Waals surface area contributed by atoms with E-state index >= 15 is 0 Å². The summed E-state index contributed by atoms with van der Waals surface area (Å²) in [5.41, 5.74) is 2.80. The molecule has 1 fully saturated rings. The monoisotopic (exact) mass is 390 g/mol. The quantitative estimate of drug-likeness (QED) is 0.538. The zero-order valence-corrected chi connectivity index (χ0v) is 15.6. The fraction of sp³-hybridized carbons (Fsp3) is 0.316. The van der Waals surface area contributed by atoms with E-state index in [1.165, 1.54) is 0 Å². The smallest absolute Gasteiger partial charge is 0.306 e. The van der Waals surface area contributed by atoms with Crippen LogP contribution in [0.25, 0.3) is 27.8 Å². The fourth-order valence-corrected chi connectivity index (χ4v) is 3.74. The van der Waals surface area contributed by atoms with E-state index in [4.69, 9.17) is 0 Å². The second-order valence-corrected chi connectivity index (χ2v) is 7.25. The molecule has 2 atom stereocenters. The molecule has 5 rings (SSSR count). The van der Waals surface area contributed by atoms with Gasteiger partial charge >= 0.3 is 5.97 Å². The Kier molecular flexibility index (Phi) is 4.04. The molecular formula is C19H18N8O2. The van der Waals surface area contributed by atoms with Crippen molar-refractivity contribution in [2.24, 2.45) is 5.92 Å². The summed E-state index contributed by atoms with van der Waals surface area (Å²) in [6.45, 7) is 1.85. The van der Waals surface area contributed by atoms with E-state index in [2.05, 4.69) is 35.6 Å². The van der Waals surface area contributed by atoms with Crippen molar-refractivity contribution in [1.29, 1.82) is 0 Å². The molecule has 10 heteroatoms. The third-order valence-corrected chi connectivity index (χ3v) is 5.24. The Morgan fingerprint density at radius 2 is 2.07 bits per heavy atom. The molecule has 1 aliphatic rings. The molecule has 1 saturated carbocycles. The van der Waals surface area contributed by atoms with E-state index in [9.17, 15) is 9.90 Å². The Hall–Kier alpha value is -3.69. The van der Waals surface area contributed by atoms with Crippen LogP contribution in [0.2, 0.25) is 0 Å². The molecule has 1 aliphatic carbocycles. The first-order chi connectivity index (χ1) is 14.1. The maximum Gasteiger partial charge on any atom is 0.306 e. The van der Waals surface area contributed by atoms with Crippen LogP contribution < -0.4 is 5.32 Å². The largest absolute Gasteiger partial charge is 0.481 e. The van der Waals surface area contributed by atoms with E-state index in [0.717, 1.165) is 28.8 Å². The lowest BCUT2D eigenvalue weighted by Crippen LogP contribution is -2.19. The highest BCUT2D eigenvalue weighted by atomic mass is 16.4. The van der Waals surface area contributed by atoms with Crippen molar-refractivity contribution in [1.82, 2.24) is 34.9 Å². The van der Waals surface area contributed by atoms with Crippen LogP contribution in [-0.2, 0) is 4.79 Å². The van der Waals surface area contributed by atoms with Gasteiger partial charge in [-0.15, -0.1) is 5.10 Å². The second kappa shape index (κ2) is 6.73. The predicted octanol–water partition coefficient (Wildman–Crippen LogP) is 2.13. The van der Waals surface area contributed by atoms with Crippen molar-refractivity contribution in [3.63, 3.8) is 0 Å². The zero-order chi connectivity index (χ0) is 20.0. The van der Waals surface area contributed by atoms with Crippen LogP contribution in [0.1, 0.15) is 25.1 Å². The van der Waals surface area contributed by atoms with Gasteiger partial charge < -0.3 is 10.4 Å². The first-order valence-electron chi connectivity index (χ1n) is 9.38. The highest BCUT2D eigenvalue weighted by Gasteiger charge is 2.30. The Morgan fingerprint density at radius 1 is 1.17 bits per heavy atom. The maximum absolute atomic E-state index is 11.2. The molecule has 0 unspecified atom stereocenters. The van der Waals surface area contributed by atoms with Crippen LogP contribution in [0.5, 0.6) is 0 Å². The number of carboxylic acids is 1. The summed E-state index contributed by atoms with van der Waals surface area (Å²) in [5, 5.41) is 21.7. The van der Waals surface area contributed by atoms with Gasteiger partial charge in [0.2, 0.25) is 5.95 Å². The summed E-state index contributed by atoms with van der Waals surface area (Å²) in [6.07, 6.45) is 5.40. The van der Waals surface area contributed by atoms with Gasteiger partial charge in [0.1, 0.15) is 5.82 Å². The van der Waals surface area contributed by atoms with Crippen LogP contribution in [0.4, 0.5) is 5.95 Å². The summed E-state index contributed by atoms with van der Waals surface area (Å²) in [4.78, 5) is 28.7. The van der Waals surface area contributed by atoms with Gasteiger partial charge in [-0.25, -0.2) is 15.0 Å². The SMILES string of the molecule is Cc1ncc2cc(-n3nnc4cnc(N[C@@H]5CC[C@@H](C(=O)O)C5)nc43)ccc2n1. The normalized spacial score (nSPS) is 19.1. The lowest BCUT2D eigenvalue weighted by molar-refractivity contribution is -0.141. The minimum absolute atomic E-state index is 0.0407. The molecule has 0 spiro atoms. The van der Waals surface area contributed by atoms with Crippen molar-refractivity contribution in [3.8, 4) is 5.69 Å². The highest BCUT2D eigenvalue weighted by Crippen LogP contribution is 2.28. The number of nitrogens with zero attached hydrogens (tertiary/aromatic N) is 7. The third-order valence-electron chi connectivity index (χ3n) is 5.24. The summed E-state index contributed by atoms with van der Waals surface area (Å²) in [6, 6.07) is 5.80. The van der Waals surface area contributed by atoms with Crippen molar-refractivity contribution in [3.05, 3.63) is 36.4 Å². The van der Waals surface area contributed by atoms with Crippen molar-refractivity contribution in [2.45, 2.75) is 32.2 Å². The number of hydrogen-bond donors (Lipinski definition) is 2. The van der Waals surface area contributed by atoms with Gasteiger partial charge in [-0.3, -0.25) is 4.79 Å². The molecule has 2 N–H and O–H groups in total. The number of carboxylic acid groups (broad SMARTS) is 1. The first kappa shape index (κ1) is 17.4. The highest BCUT2D eigenvalue weighted by molar-refractivity contribution is 5.81. The molecule has 0 bridgehead atoms. The van der Waals surface area contributed by atoms with E-state index in [-0.39, 0.29) is 12.0 Å². The summed E-state index contributed by atoms with van der Waals surface area (Å²) in [5.74, 6) is 0.101. The Morgan fingerprint density at radius 3 is 2.90 bits per heavy atom. The molecule has 29 heavy (non-hydrogen) atoms. The standard InChI is InChI=1S/C19H18N8O2/c1-10-20-8-12-7-14(4-5-15(12)22-10)27-17-16(25-26-27)9-21-19(24-17)23-13-3-2-11(6-13)18(28)29/h4-5,7-9,11,13H,2-3,6H2,1H3,(H,28,29)(H,21,23,24)/t11-,13-/m1/s1. The van der Waals surface area contributed by atoms with E-state index in [0.29, 0.717) is 30.0 Å². The van der Waals surface area contributed by atoms with Crippen LogP contribution in [0, 0.1) is 12.8 Å². The molecule has 0 amide bonds. The van der Waals surface area contributed by atoms with Gasteiger partial charge in [-0.05, 0) is 44.4 Å². The van der Waals surface area contributed by atoms with Gasteiger partial charge in [-0.2, -0.15) is 9.67 Å². The lowest BCUT2D eigenvalue weighted by Gasteiger charge is -2.12. The molecule has 4 aromatic rings. The van der Waals surface area contributed by atoms with Gasteiger partial charge in [0, 0.05) is 17.6 Å². The molecule has 10 nitrogen and oxygen atoms in total. The van der Waals surface area contributed by atoms with E-state index < -0.39 is 5.97 Å². The van der Waals surface area contributed by atoms with E-state index in [1.807, 2.05) is 25.1 Å². The van der Waals surface area contributed by atoms with Gasteiger partial charge in [0.15, 0.2) is 11.2 Å². The first-order valence-corrected chi connectivity index (χ1v) is 9.38. The van der Waals surface area contributed by atoms with Crippen molar-refractivity contribution < 1.29 is 9.90 Å². The van der Waals surface area contributed by atoms with Gasteiger partial charge in [0.25, 0.3) is 0 Å². The molecular weight excluding hydrogens is 372 g/mol. The van der Waals surface area contributed by atoms with Crippen molar-refractivity contribution in [2.75, 3.05) is 5.32 Å². The number of hydrogen-bond acceptors (Lipinski definition) is 8. The number of carbonyl (C=O) groups is 1. The summed E-state index contributed by atoms with van der Waals surface area (Å²) < 4.78 is 1.65. The van der Waals surface area contributed by atoms with E-state index in [1.54, 1.807) is 17.1 Å². The Balaban J connectivity index is 1.47. The topological polar surface area (TPSA) is 132 Å². The number of nitrogens with one attached hydrogen (secondary N) is 1. The van der Waals surface area contributed by atoms with Crippen LogP contribution in [-0.4, -0.2) is 52.0 Å². The van der Waals surface area contributed by atoms with Gasteiger partial charge in [0.05, 0.1) is 23.3 Å². The average molecular weight is 390 g/mol. The molecule has 3 aromatic heterocycles. The molecule has 0 radical (unpaired) electrons. The lowest BCUT2D eigenvalue weighted by atomic mass is 10.1. The molecule has 146 valence electrons. The molecule has 1 aromatic carbocycles. The predicted molar refractivity (Wildman–Crippen MR) is 105 cm³/mol. The number of anilines is 1. The van der Waals surface area contributed by atoms with Crippen molar-refractivity contribution >= 4 is 34.0 Å². The Labute approximate surface area is 165 Å². The molecule has 0 aliphatic heterocycles. The number of aliphatic carboxylic acids is 1. The Bertz CT molecular complexity index is 1240. The minimum atomic E-state index is -0.747. The number of rotatable bonds is 4. The summed E-state index contributed by atoms with van der Waals surface area (Å²) >= 11 is 0. The van der Waals surface area contributed by atoms with Crippen LogP contribution in [0.3, 0.4) is 0 Å². The van der Waals surface area contributed by atoms with Gasteiger partial charge in [-0.1, -0.05) is 5.21 Å².